The van der Waals surface area contributed by atoms with E-state index < -0.39 is 0 Å². The van der Waals surface area contributed by atoms with Crippen LogP contribution in [0.15, 0.2) is 30.3 Å². The summed E-state index contributed by atoms with van der Waals surface area (Å²) in [5.74, 6) is -0.0640. The molecule has 4 heteroatoms. The van der Waals surface area contributed by atoms with Crippen LogP contribution in [-0.4, -0.2) is 23.7 Å². The molecule has 2 aromatic carbocycles. The minimum Gasteiger partial charge on any atom is -0.391 e. The van der Waals surface area contributed by atoms with Crippen LogP contribution in [0.3, 0.4) is 0 Å². The van der Waals surface area contributed by atoms with Gasteiger partial charge in [0.25, 0.3) is 5.91 Å². The average Bonchev–Trinajstić information content (AvgIpc) is 2.74. The number of nitrogens with one attached hydrogen (secondary N) is 2. The van der Waals surface area contributed by atoms with Crippen molar-refractivity contribution in [3.05, 3.63) is 35.9 Å². The molecule has 0 saturated heterocycles. The molecule has 0 aromatic heterocycles. The molecule has 1 atom stereocenters. The second kappa shape index (κ2) is 4.55. The molecule has 0 spiro atoms. The van der Waals surface area contributed by atoms with E-state index in [1.165, 1.54) is 0 Å². The Morgan fingerprint density at radius 1 is 1.37 bits per heavy atom. The second-order valence-corrected chi connectivity index (χ2v) is 4.82. The maximum Gasteiger partial charge on any atom is 0.256 e. The Balaban J connectivity index is 1.99. The molecule has 0 bridgehead atoms. The van der Waals surface area contributed by atoms with Crippen molar-refractivity contribution in [2.45, 2.75) is 19.4 Å². The zero-order valence-corrected chi connectivity index (χ0v) is 10.7. The van der Waals surface area contributed by atoms with Gasteiger partial charge < -0.3 is 15.7 Å². The van der Waals surface area contributed by atoms with Crippen molar-refractivity contribution in [2.24, 2.45) is 0 Å². The van der Waals surface area contributed by atoms with Gasteiger partial charge in [-0.05, 0) is 30.0 Å². The molecule has 0 saturated carbocycles. The molecular formula is C15H16N2O2. The average molecular weight is 256 g/mol. The predicted molar refractivity (Wildman–Crippen MR) is 76.7 cm³/mol. The monoisotopic (exact) mass is 256 g/mol. The number of aliphatic hydroxyl groups excluding tert-OH is 1. The maximum absolute atomic E-state index is 11.9. The van der Waals surface area contributed by atoms with Gasteiger partial charge >= 0.3 is 0 Å². The standard InChI is InChI=1S/C15H16N2O2/c1-2-11(18)8-16-10-6-9-4-3-5-13-14(9)12(7-10)15(19)17-13/h3-7,11,16,18H,2,8H2,1H3,(H,17,19)/t11-/m1/s1. The van der Waals surface area contributed by atoms with E-state index in [0.29, 0.717) is 18.5 Å². The number of aliphatic hydroxyl groups is 1. The summed E-state index contributed by atoms with van der Waals surface area (Å²) in [7, 11) is 0. The largest absolute Gasteiger partial charge is 0.391 e. The SMILES string of the molecule is CC[C@@H](O)CNc1cc2c3c(cccc3c1)NC2=O. The van der Waals surface area contributed by atoms with Gasteiger partial charge in [0.1, 0.15) is 0 Å². The number of amides is 1. The number of hydrogen-bond donors (Lipinski definition) is 3. The van der Waals surface area contributed by atoms with Crippen LogP contribution in [0.1, 0.15) is 23.7 Å². The summed E-state index contributed by atoms with van der Waals surface area (Å²) in [5.41, 5.74) is 2.43. The van der Waals surface area contributed by atoms with Gasteiger partial charge in [0.15, 0.2) is 0 Å². The van der Waals surface area contributed by atoms with Crippen molar-refractivity contribution >= 4 is 28.1 Å². The molecular weight excluding hydrogens is 240 g/mol. The number of benzene rings is 2. The fourth-order valence-electron chi connectivity index (χ4n) is 2.38. The van der Waals surface area contributed by atoms with Crippen molar-refractivity contribution in [2.75, 3.05) is 17.2 Å². The van der Waals surface area contributed by atoms with Crippen LogP contribution in [-0.2, 0) is 0 Å². The number of rotatable bonds is 4. The quantitative estimate of drug-likeness (QED) is 0.788. The molecule has 0 fully saturated rings. The van der Waals surface area contributed by atoms with Gasteiger partial charge in [-0.2, -0.15) is 0 Å². The van der Waals surface area contributed by atoms with Crippen LogP contribution in [0.5, 0.6) is 0 Å². The zero-order chi connectivity index (χ0) is 13.4. The maximum atomic E-state index is 11.9. The summed E-state index contributed by atoms with van der Waals surface area (Å²) in [6.07, 6.45) is 0.336. The highest BCUT2D eigenvalue weighted by Crippen LogP contribution is 2.35. The lowest BCUT2D eigenvalue weighted by Crippen LogP contribution is -2.18. The highest BCUT2D eigenvalue weighted by molar-refractivity contribution is 6.24. The second-order valence-electron chi connectivity index (χ2n) is 4.82. The lowest BCUT2D eigenvalue weighted by Gasteiger charge is -2.12. The van der Waals surface area contributed by atoms with Crippen LogP contribution >= 0.6 is 0 Å². The van der Waals surface area contributed by atoms with E-state index in [0.717, 1.165) is 22.1 Å². The van der Waals surface area contributed by atoms with Crippen LogP contribution in [0.2, 0.25) is 0 Å². The molecule has 0 aliphatic carbocycles. The first-order chi connectivity index (χ1) is 9.19. The minimum atomic E-state index is -0.371. The van der Waals surface area contributed by atoms with E-state index in [1.54, 1.807) is 0 Å². The summed E-state index contributed by atoms with van der Waals surface area (Å²) in [5, 5.41) is 17.6. The van der Waals surface area contributed by atoms with Crippen molar-refractivity contribution in [1.29, 1.82) is 0 Å². The molecule has 1 aliphatic heterocycles. The first-order valence-corrected chi connectivity index (χ1v) is 6.49. The van der Waals surface area contributed by atoms with Crippen molar-refractivity contribution in [3.8, 4) is 0 Å². The van der Waals surface area contributed by atoms with Crippen LogP contribution in [0.25, 0.3) is 10.8 Å². The summed E-state index contributed by atoms with van der Waals surface area (Å²) >= 11 is 0. The summed E-state index contributed by atoms with van der Waals surface area (Å²) in [4.78, 5) is 11.9. The zero-order valence-electron chi connectivity index (χ0n) is 10.7. The van der Waals surface area contributed by atoms with E-state index in [1.807, 2.05) is 37.3 Å². The molecule has 3 N–H and O–H groups in total. The number of carbonyl (C=O) groups excluding carboxylic acids is 1. The highest BCUT2D eigenvalue weighted by atomic mass is 16.3. The van der Waals surface area contributed by atoms with Gasteiger partial charge in [-0.1, -0.05) is 19.1 Å². The third kappa shape index (κ3) is 2.04. The number of hydrogen-bond acceptors (Lipinski definition) is 3. The first-order valence-electron chi connectivity index (χ1n) is 6.49. The lowest BCUT2D eigenvalue weighted by molar-refractivity contribution is 0.103. The molecule has 1 aliphatic rings. The van der Waals surface area contributed by atoms with Gasteiger partial charge in [0, 0.05) is 23.3 Å². The molecule has 1 heterocycles. The summed E-state index contributed by atoms with van der Waals surface area (Å²) < 4.78 is 0. The molecule has 0 unspecified atom stereocenters. The van der Waals surface area contributed by atoms with Crippen LogP contribution in [0, 0.1) is 0 Å². The number of carbonyl (C=O) groups is 1. The van der Waals surface area contributed by atoms with Crippen molar-refractivity contribution in [3.63, 3.8) is 0 Å². The van der Waals surface area contributed by atoms with Gasteiger partial charge in [0.05, 0.1) is 11.7 Å². The van der Waals surface area contributed by atoms with Crippen LogP contribution in [0.4, 0.5) is 11.4 Å². The van der Waals surface area contributed by atoms with E-state index in [-0.39, 0.29) is 12.0 Å². The van der Waals surface area contributed by atoms with E-state index >= 15 is 0 Å². The van der Waals surface area contributed by atoms with Gasteiger partial charge in [-0.15, -0.1) is 0 Å². The fraction of sp³-hybridized carbons (Fsp3) is 0.267. The van der Waals surface area contributed by atoms with E-state index in [2.05, 4.69) is 10.6 Å². The normalized spacial score (nSPS) is 14.5. The molecule has 3 rings (SSSR count). The Morgan fingerprint density at radius 2 is 2.21 bits per heavy atom. The van der Waals surface area contributed by atoms with E-state index in [9.17, 15) is 9.90 Å². The molecule has 0 radical (unpaired) electrons. The lowest BCUT2D eigenvalue weighted by atomic mass is 10.0. The molecule has 1 amide bonds. The Hall–Kier alpha value is -2.07. The summed E-state index contributed by atoms with van der Waals surface area (Å²) in [6.45, 7) is 2.43. The molecule has 98 valence electrons. The molecule has 19 heavy (non-hydrogen) atoms. The Morgan fingerprint density at radius 3 is 3.00 bits per heavy atom. The number of anilines is 2. The topological polar surface area (TPSA) is 61.4 Å². The van der Waals surface area contributed by atoms with Gasteiger partial charge in [0.2, 0.25) is 0 Å². The fourth-order valence-corrected chi connectivity index (χ4v) is 2.38. The third-order valence-corrected chi connectivity index (χ3v) is 3.48. The minimum absolute atomic E-state index is 0.0640. The Kier molecular flexibility index (Phi) is 2.87. The Bertz CT molecular complexity index is 652. The first kappa shape index (κ1) is 12.0. The van der Waals surface area contributed by atoms with Gasteiger partial charge in [-0.25, -0.2) is 0 Å². The smallest absolute Gasteiger partial charge is 0.256 e. The molecule has 4 nitrogen and oxygen atoms in total. The summed E-state index contributed by atoms with van der Waals surface area (Å²) in [6, 6.07) is 9.67. The molecule has 2 aromatic rings. The van der Waals surface area contributed by atoms with Crippen LogP contribution < -0.4 is 10.6 Å². The predicted octanol–water partition coefficient (Wildman–Crippen LogP) is 2.59. The van der Waals surface area contributed by atoms with Crippen molar-refractivity contribution < 1.29 is 9.90 Å². The van der Waals surface area contributed by atoms with Gasteiger partial charge in [-0.3, -0.25) is 4.79 Å². The third-order valence-electron chi connectivity index (χ3n) is 3.48. The van der Waals surface area contributed by atoms with E-state index in [4.69, 9.17) is 0 Å². The Labute approximate surface area is 111 Å². The highest BCUT2D eigenvalue weighted by Gasteiger charge is 2.21. The van der Waals surface area contributed by atoms with Crippen molar-refractivity contribution in [1.82, 2.24) is 0 Å².